The Labute approximate surface area is 126 Å². The molecule has 2 aromatic carbocycles. The summed E-state index contributed by atoms with van der Waals surface area (Å²) in [5.74, 6) is 0.329. The SMILES string of the molecule is CC(Cc1ccc(O)cc1)N1CCNCc2ccccc21. The van der Waals surface area contributed by atoms with E-state index >= 15 is 0 Å². The molecule has 1 aliphatic heterocycles. The Bertz CT molecular complexity index is 594. The molecule has 0 saturated heterocycles. The molecule has 0 spiro atoms. The van der Waals surface area contributed by atoms with Crippen molar-refractivity contribution in [3.63, 3.8) is 0 Å². The second-order valence-corrected chi connectivity index (χ2v) is 5.72. The van der Waals surface area contributed by atoms with Crippen LogP contribution in [0.3, 0.4) is 0 Å². The van der Waals surface area contributed by atoms with E-state index in [-0.39, 0.29) is 0 Å². The quantitative estimate of drug-likeness (QED) is 0.908. The molecule has 0 radical (unpaired) electrons. The van der Waals surface area contributed by atoms with E-state index in [0.717, 1.165) is 26.1 Å². The van der Waals surface area contributed by atoms with Crippen LogP contribution in [0.15, 0.2) is 48.5 Å². The number of rotatable bonds is 3. The fourth-order valence-corrected chi connectivity index (χ4v) is 3.02. The van der Waals surface area contributed by atoms with Crippen molar-refractivity contribution < 1.29 is 5.11 Å². The van der Waals surface area contributed by atoms with Gasteiger partial charge in [-0.25, -0.2) is 0 Å². The molecule has 0 amide bonds. The van der Waals surface area contributed by atoms with Crippen molar-refractivity contribution in [1.82, 2.24) is 5.32 Å². The summed E-state index contributed by atoms with van der Waals surface area (Å²) in [5, 5.41) is 12.9. The molecule has 1 unspecified atom stereocenters. The minimum Gasteiger partial charge on any atom is -0.508 e. The van der Waals surface area contributed by atoms with Crippen LogP contribution in [0.5, 0.6) is 5.75 Å². The average Bonchev–Trinajstić information content (AvgIpc) is 2.72. The number of nitrogens with zero attached hydrogens (tertiary/aromatic N) is 1. The Hall–Kier alpha value is -2.00. The molecule has 3 rings (SSSR count). The van der Waals surface area contributed by atoms with Gasteiger partial charge < -0.3 is 15.3 Å². The summed E-state index contributed by atoms with van der Waals surface area (Å²) in [6.45, 7) is 5.25. The van der Waals surface area contributed by atoms with E-state index in [1.165, 1.54) is 16.8 Å². The Kier molecular flexibility index (Phi) is 4.11. The Morgan fingerprint density at radius 3 is 2.71 bits per heavy atom. The molecule has 0 saturated carbocycles. The lowest BCUT2D eigenvalue weighted by molar-refractivity contribution is 0.475. The summed E-state index contributed by atoms with van der Waals surface area (Å²) in [4.78, 5) is 2.49. The Morgan fingerprint density at radius 2 is 1.90 bits per heavy atom. The van der Waals surface area contributed by atoms with E-state index in [1.807, 2.05) is 12.1 Å². The van der Waals surface area contributed by atoms with Crippen LogP contribution >= 0.6 is 0 Å². The van der Waals surface area contributed by atoms with Gasteiger partial charge >= 0.3 is 0 Å². The van der Waals surface area contributed by atoms with E-state index in [1.54, 1.807) is 12.1 Å². The number of anilines is 1. The third kappa shape index (κ3) is 3.19. The van der Waals surface area contributed by atoms with Crippen LogP contribution in [-0.4, -0.2) is 24.2 Å². The lowest BCUT2D eigenvalue weighted by atomic mass is 10.0. The topological polar surface area (TPSA) is 35.5 Å². The first-order valence-electron chi connectivity index (χ1n) is 7.57. The zero-order valence-electron chi connectivity index (χ0n) is 12.4. The van der Waals surface area contributed by atoms with Gasteiger partial charge in [-0.15, -0.1) is 0 Å². The second-order valence-electron chi connectivity index (χ2n) is 5.72. The van der Waals surface area contributed by atoms with E-state index in [4.69, 9.17) is 0 Å². The molecule has 0 aromatic heterocycles. The number of hydrogen-bond acceptors (Lipinski definition) is 3. The highest BCUT2D eigenvalue weighted by Crippen LogP contribution is 2.25. The maximum Gasteiger partial charge on any atom is 0.115 e. The number of phenolic OH excluding ortho intramolecular Hbond substituents is 1. The molecule has 0 bridgehead atoms. The highest BCUT2D eigenvalue weighted by molar-refractivity contribution is 5.55. The van der Waals surface area contributed by atoms with Gasteiger partial charge in [0.05, 0.1) is 0 Å². The van der Waals surface area contributed by atoms with Crippen LogP contribution in [0.25, 0.3) is 0 Å². The van der Waals surface area contributed by atoms with Gasteiger partial charge in [-0.3, -0.25) is 0 Å². The predicted molar refractivity (Wildman–Crippen MR) is 86.8 cm³/mol. The number of fused-ring (bicyclic) bond motifs is 1. The maximum absolute atomic E-state index is 9.39. The fraction of sp³-hybridized carbons (Fsp3) is 0.333. The van der Waals surface area contributed by atoms with Crippen LogP contribution < -0.4 is 10.2 Å². The third-order valence-corrected chi connectivity index (χ3v) is 4.15. The molecule has 2 N–H and O–H groups in total. The summed E-state index contributed by atoms with van der Waals surface area (Å²) in [5.41, 5.74) is 3.97. The molecule has 0 aliphatic carbocycles. The van der Waals surface area contributed by atoms with Crippen LogP contribution in [-0.2, 0) is 13.0 Å². The number of hydrogen-bond donors (Lipinski definition) is 2. The van der Waals surface area contributed by atoms with Gasteiger partial charge in [-0.2, -0.15) is 0 Å². The molecule has 3 nitrogen and oxygen atoms in total. The molecule has 0 fully saturated rings. The summed E-state index contributed by atoms with van der Waals surface area (Å²) >= 11 is 0. The molecular weight excluding hydrogens is 260 g/mol. The number of nitrogens with one attached hydrogen (secondary N) is 1. The van der Waals surface area contributed by atoms with E-state index < -0.39 is 0 Å². The number of phenols is 1. The van der Waals surface area contributed by atoms with Gasteiger partial charge in [0.2, 0.25) is 0 Å². The average molecular weight is 282 g/mol. The van der Waals surface area contributed by atoms with Crippen molar-refractivity contribution in [1.29, 1.82) is 0 Å². The molecule has 2 aromatic rings. The Morgan fingerprint density at radius 1 is 1.14 bits per heavy atom. The van der Waals surface area contributed by atoms with Crippen molar-refractivity contribution in [2.45, 2.75) is 25.9 Å². The molecule has 3 heteroatoms. The minimum atomic E-state index is 0.329. The first-order chi connectivity index (χ1) is 10.2. The highest BCUT2D eigenvalue weighted by atomic mass is 16.3. The zero-order chi connectivity index (χ0) is 14.7. The molecule has 1 aliphatic rings. The summed E-state index contributed by atoms with van der Waals surface area (Å²) < 4.78 is 0. The summed E-state index contributed by atoms with van der Waals surface area (Å²) in [6.07, 6.45) is 0.981. The van der Waals surface area contributed by atoms with Crippen molar-refractivity contribution >= 4 is 5.69 Å². The van der Waals surface area contributed by atoms with Gasteiger partial charge in [-0.1, -0.05) is 30.3 Å². The third-order valence-electron chi connectivity index (χ3n) is 4.15. The van der Waals surface area contributed by atoms with Crippen LogP contribution in [0.4, 0.5) is 5.69 Å². The summed E-state index contributed by atoms with van der Waals surface area (Å²) in [7, 11) is 0. The fourth-order valence-electron chi connectivity index (χ4n) is 3.02. The molecule has 1 heterocycles. The molecule has 110 valence electrons. The smallest absolute Gasteiger partial charge is 0.115 e. The Balaban J connectivity index is 1.80. The van der Waals surface area contributed by atoms with Crippen molar-refractivity contribution in [2.75, 3.05) is 18.0 Å². The normalized spacial score (nSPS) is 16.1. The van der Waals surface area contributed by atoms with Gasteiger partial charge in [0.1, 0.15) is 5.75 Å². The number of benzene rings is 2. The monoisotopic (exact) mass is 282 g/mol. The largest absolute Gasteiger partial charge is 0.508 e. The zero-order valence-corrected chi connectivity index (χ0v) is 12.4. The van der Waals surface area contributed by atoms with Gasteiger partial charge in [0, 0.05) is 31.4 Å². The first kappa shape index (κ1) is 14.0. The molecular formula is C18H22N2O. The molecule has 1 atom stereocenters. The van der Waals surface area contributed by atoms with Crippen molar-refractivity contribution in [3.8, 4) is 5.75 Å². The molecule has 21 heavy (non-hydrogen) atoms. The second kappa shape index (κ2) is 6.19. The lowest BCUT2D eigenvalue weighted by Gasteiger charge is -2.31. The van der Waals surface area contributed by atoms with Crippen LogP contribution in [0, 0.1) is 0 Å². The lowest BCUT2D eigenvalue weighted by Crippen LogP contribution is -2.37. The summed E-state index contributed by atoms with van der Waals surface area (Å²) in [6, 6.07) is 16.6. The van der Waals surface area contributed by atoms with Crippen molar-refractivity contribution in [2.24, 2.45) is 0 Å². The maximum atomic E-state index is 9.39. The highest BCUT2D eigenvalue weighted by Gasteiger charge is 2.19. The number of para-hydroxylation sites is 1. The van der Waals surface area contributed by atoms with E-state index in [9.17, 15) is 5.11 Å². The van der Waals surface area contributed by atoms with E-state index in [0.29, 0.717) is 11.8 Å². The predicted octanol–water partition coefficient (Wildman–Crippen LogP) is 2.93. The van der Waals surface area contributed by atoms with Crippen LogP contribution in [0.2, 0.25) is 0 Å². The minimum absolute atomic E-state index is 0.329. The van der Waals surface area contributed by atoms with E-state index in [2.05, 4.69) is 41.4 Å². The van der Waals surface area contributed by atoms with Gasteiger partial charge in [0.25, 0.3) is 0 Å². The first-order valence-corrected chi connectivity index (χ1v) is 7.57. The number of aromatic hydroxyl groups is 1. The van der Waals surface area contributed by atoms with Gasteiger partial charge in [-0.05, 0) is 42.7 Å². The standard InChI is InChI=1S/C18H22N2O/c1-14(12-15-6-8-17(21)9-7-15)20-11-10-19-13-16-4-2-3-5-18(16)20/h2-9,14,19,21H,10-13H2,1H3. The van der Waals surface area contributed by atoms with Crippen molar-refractivity contribution in [3.05, 3.63) is 59.7 Å². The van der Waals surface area contributed by atoms with Gasteiger partial charge in [0.15, 0.2) is 0 Å². The van der Waals surface area contributed by atoms with Crippen LogP contribution in [0.1, 0.15) is 18.1 Å².